The monoisotopic (exact) mass is 158 g/mol. The molecule has 0 saturated carbocycles. The lowest BCUT2D eigenvalue weighted by molar-refractivity contribution is 0.0835. The quantitative estimate of drug-likeness (QED) is 0.451. The fraction of sp³-hybridized carbons (Fsp3) is 0.778. The fourth-order valence-corrected chi connectivity index (χ4v) is 0.776. The van der Waals surface area contributed by atoms with E-state index >= 15 is 0 Å². The highest BCUT2D eigenvalue weighted by Crippen LogP contribution is 1.98. The molecule has 2 nitrogen and oxygen atoms in total. The van der Waals surface area contributed by atoms with E-state index in [2.05, 4.69) is 13.5 Å². The van der Waals surface area contributed by atoms with Crippen LogP contribution in [0.3, 0.4) is 0 Å². The summed E-state index contributed by atoms with van der Waals surface area (Å²) in [6.45, 7) is 7.06. The molecule has 0 aliphatic rings. The minimum Gasteiger partial charge on any atom is -0.393 e. The van der Waals surface area contributed by atoms with Gasteiger partial charge in [-0.1, -0.05) is 13.0 Å². The summed E-state index contributed by atoms with van der Waals surface area (Å²) in [5.74, 6) is 0. The number of rotatable bonds is 7. The first-order valence-corrected chi connectivity index (χ1v) is 4.18. The van der Waals surface area contributed by atoms with E-state index in [0.717, 1.165) is 13.0 Å². The van der Waals surface area contributed by atoms with Crippen molar-refractivity contribution >= 4 is 0 Å². The van der Waals surface area contributed by atoms with Crippen LogP contribution in [0.1, 0.15) is 26.2 Å². The van der Waals surface area contributed by atoms with Crippen LogP contribution in [0.15, 0.2) is 12.7 Å². The minimum absolute atomic E-state index is 0.274. The largest absolute Gasteiger partial charge is 0.393 e. The highest BCUT2D eigenvalue weighted by atomic mass is 16.5. The second-order valence-corrected chi connectivity index (χ2v) is 2.58. The van der Waals surface area contributed by atoms with Gasteiger partial charge in [0.1, 0.15) is 0 Å². The third-order valence-corrected chi connectivity index (χ3v) is 1.38. The molecule has 2 heteroatoms. The van der Waals surface area contributed by atoms with Crippen molar-refractivity contribution in [2.75, 3.05) is 13.2 Å². The van der Waals surface area contributed by atoms with Gasteiger partial charge in [-0.05, 0) is 19.3 Å². The summed E-state index contributed by atoms with van der Waals surface area (Å²) in [6.07, 6.45) is 3.87. The van der Waals surface area contributed by atoms with Crippen molar-refractivity contribution in [2.45, 2.75) is 32.3 Å². The second kappa shape index (κ2) is 7.76. The molecule has 0 aliphatic heterocycles. The van der Waals surface area contributed by atoms with Crippen molar-refractivity contribution in [3.8, 4) is 0 Å². The van der Waals surface area contributed by atoms with Crippen LogP contribution in [0, 0.1) is 0 Å². The standard InChI is InChI=1S/C9H18O2/c1-3-5-9(10)6-8-11-7-4-2/h3,9-10H,1,4-8H2,2H3. The van der Waals surface area contributed by atoms with Crippen LogP contribution in [0.25, 0.3) is 0 Å². The van der Waals surface area contributed by atoms with Crippen molar-refractivity contribution in [2.24, 2.45) is 0 Å². The first-order valence-electron chi connectivity index (χ1n) is 4.18. The van der Waals surface area contributed by atoms with Gasteiger partial charge in [0.15, 0.2) is 0 Å². The van der Waals surface area contributed by atoms with Gasteiger partial charge < -0.3 is 9.84 Å². The average molecular weight is 158 g/mol. The van der Waals surface area contributed by atoms with E-state index in [-0.39, 0.29) is 6.10 Å². The van der Waals surface area contributed by atoms with E-state index in [1.54, 1.807) is 6.08 Å². The van der Waals surface area contributed by atoms with Crippen LogP contribution in [0.5, 0.6) is 0 Å². The summed E-state index contributed by atoms with van der Waals surface area (Å²) in [5.41, 5.74) is 0. The first kappa shape index (κ1) is 10.7. The first-order chi connectivity index (χ1) is 5.31. The van der Waals surface area contributed by atoms with E-state index in [4.69, 9.17) is 4.74 Å². The number of hydrogen-bond acceptors (Lipinski definition) is 2. The predicted molar refractivity (Wildman–Crippen MR) is 46.5 cm³/mol. The molecule has 1 atom stereocenters. The molecule has 0 spiro atoms. The Morgan fingerprint density at radius 1 is 1.55 bits per heavy atom. The van der Waals surface area contributed by atoms with Crippen LogP contribution in [-0.2, 0) is 4.74 Å². The molecule has 0 heterocycles. The summed E-state index contributed by atoms with van der Waals surface area (Å²) in [6, 6.07) is 0. The Morgan fingerprint density at radius 3 is 2.82 bits per heavy atom. The maximum atomic E-state index is 9.20. The fourth-order valence-electron chi connectivity index (χ4n) is 0.776. The number of hydrogen-bond donors (Lipinski definition) is 1. The van der Waals surface area contributed by atoms with E-state index < -0.39 is 0 Å². The van der Waals surface area contributed by atoms with E-state index in [0.29, 0.717) is 19.4 Å². The molecular weight excluding hydrogens is 140 g/mol. The van der Waals surface area contributed by atoms with E-state index in [1.807, 2.05) is 0 Å². The van der Waals surface area contributed by atoms with Gasteiger partial charge in [-0.15, -0.1) is 6.58 Å². The van der Waals surface area contributed by atoms with Crippen LogP contribution >= 0.6 is 0 Å². The molecule has 11 heavy (non-hydrogen) atoms. The summed E-state index contributed by atoms with van der Waals surface area (Å²) < 4.78 is 5.21. The van der Waals surface area contributed by atoms with Gasteiger partial charge in [-0.25, -0.2) is 0 Å². The van der Waals surface area contributed by atoms with Crippen molar-refractivity contribution in [3.05, 3.63) is 12.7 Å². The maximum absolute atomic E-state index is 9.20. The van der Waals surface area contributed by atoms with Crippen LogP contribution < -0.4 is 0 Å². The molecule has 0 fully saturated rings. The zero-order valence-corrected chi connectivity index (χ0v) is 7.25. The predicted octanol–water partition coefficient (Wildman–Crippen LogP) is 1.74. The van der Waals surface area contributed by atoms with Crippen molar-refractivity contribution < 1.29 is 9.84 Å². The van der Waals surface area contributed by atoms with Gasteiger partial charge >= 0.3 is 0 Å². The molecule has 0 aromatic rings. The van der Waals surface area contributed by atoms with Gasteiger partial charge in [0.2, 0.25) is 0 Å². The maximum Gasteiger partial charge on any atom is 0.0596 e. The summed E-state index contributed by atoms with van der Waals surface area (Å²) in [5, 5.41) is 9.20. The van der Waals surface area contributed by atoms with E-state index in [9.17, 15) is 5.11 Å². The van der Waals surface area contributed by atoms with Gasteiger partial charge in [-0.2, -0.15) is 0 Å². The van der Waals surface area contributed by atoms with E-state index in [1.165, 1.54) is 0 Å². The average Bonchev–Trinajstić information content (AvgIpc) is 1.99. The molecule has 0 rings (SSSR count). The summed E-state index contributed by atoms with van der Waals surface area (Å²) >= 11 is 0. The molecule has 1 unspecified atom stereocenters. The lowest BCUT2D eigenvalue weighted by atomic mass is 10.2. The lowest BCUT2D eigenvalue weighted by Gasteiger charge is -2.07. The van der Waals surface area contributed by atoms with Gasteiger partial charge in [0.05, 0.1) is 6.10 Å². The number of ether oxygens (including phenoxy) is 1. The smallest absolute Gasteiger partial charge is 0.0596 e. The van der Waals surface area contributed by atoms with Crippen molar-refractivity contribution in [1.82, 2.24) is 0 Å². The normalized spacial score (nSPS) is 12.9. The third kappa shape index (κ3) is 7.56. The minimum atomic E-state index is -0.274. The molecule has 0 saturated heterocycles. The van der Waals surface area contributed by atoms with Crippen molar-refractivity contribution in [1.29, 1.82) is 0 Å². The lowest BCUT2D eigenvalue weighted by Crippen LogP contribution is -2.09. The van der Waals surface area contributed by atoms with Crippen LogP contribution in [0.4, 0.5) is 0 Å². The number of aliphatic hydroxyl groups excluding tert-OH is 1. The third-order valence-electron chi connectivity index (χ3n) is 1.38. The Bertz CT molecular complexity index is 91.6. The van der Waals surface area contributed by atoms with Gasteiger partial charge in [0, 0.05) is 13.2 Å². The Kier molecular flexibility index (Phi) is 7.52. The SMILES string of the molecule is C=CCC(O)CCOCCC. The Balaban J connectivity index is 3.03. The molecule has 0 aromatic heterocycles. The molecule has 0 aromatic carbocycles. The number of aliphatic hydroxyl groups is 1. The summed E-state index contributed by atoms with van der Waals surface area (Å²) in [4.78, 5) is 0. The zero-order valence-electron chi connectivity index (χ0n) is 7.25. The zero-order chi connectivity index (χ0) is 8.53. The second-order valence-electron chi connectivity index (χ2n) is 2.58. The Morgan fingerprint density at radius 2 is 2.27 bits per heavy atom. The summed E-state index contributed by atoms with van der Waals surface area (Å²) in [7, 11) is 0. The molecular formula is C9H18O2. The topological polar surface area (TPSA) is 29.5 Å². The molecule has 0 radical (unpaired) electrons. The molecule has 0 aliphatic carbocycles. The van der Waals surface area contributed by atoms with Crippen molar-refractivity contribution in [3.63, 3.8) is 0 Å². The molecule has 0 bridgehead atoms. The highest BCUT2D eigenvalue weighted by molar-refractivity contribution is 4.71. The van der Waals surface area contributed by atoms with Crippen LogP contribution in [-0.4, -0.2) is 24.4 Å². The van der Waals surface area contributed by atoms with Gasteiger partial charge in [-0.3, -0.25) is 0 Å². The molecule has 0 amide bonds. The molecule has 66 valence electrons. The van der Waals surface area contributed by atoms with Crippen LogP contribution in [0.2, 0.25) is 0 Å². The Hall–Kier alpha value is -0.340. The van der Waals surface area contributed by atoms with Gasteiger partial charge in [0.25, 0.3) is 0 Å². The Labute approximate surface area is 68.9 Å². The molecule has 1 N–H and O–H groups in total. The highest BCUT2D eigenvalue weighted by Gasteiger charge is 1.99.